The van der Waals surface area contributed by atoms with Gasteiger partial charge < -0.3 is 72.1 Å². The molecule has 0 bridgehead atoms. The molecule has 0 spiro atoms. The molecule has 0 atom stereocenters. The van der Waals surface area contributed by atoms with Crippen molar-refractivity contribution in [2.24, 2.45) is 0 Å². The molecule has 13 rings (SSSR count). The van der Waals surface area contributed by atoms with Crippen LogP contribution in [0.3, 0.4) is 0 Å². The van der Waals surface area contributed by atoms with E-state index in [1.54, 1.807) is 73.7 Å². The number of benzene rings is 10. The smallest absolute Gasteiger partial charge is 0.870 e. The largest absolute Gasteiger partial charge is 1.00 e. The first-order valence-electron chi connectivity index (χ1n) is 40.5. The van der Waals surface area contributed by atoms with Gasteiger partial charge in [0.1, 0.15) is 101 Å². The van der Waals surface area contributed by atoms with E-state index in [4.69, 9.17) is 72.4 Å². The molecule has 45 heteroatoms. The van der Waals surface area contributed by atoms with Crippen LogP contribution < -0.4 is 116 Å². The number of nitrogens with zero attached hydrogens (tertiary/aromatic N) is 8. The fraction of sp³-hybridized carbons (Fsp3) is 0.182. The van der Waals surface area contributed by atoms with Crippen molar-refractivity contribution in [2.45, 2.75) is 86.1 Å². The third-order valence-corrected chi connectivity index (χ3v) is 21.0. The number of nitro groups is 2. The number of nitrogens with two attached hydrogens (primary N) is 2. The zero-order chi connectivity index (χ0) is 104. The van der Waals surface area contributed by atoms with Gasteiger partial charge in [-0.3, -0.25) is 34.6 Å². The molecule has 0 radical (unpaired) electrons. The molecule has 0 fully saturated rings. The van der Waals surface area contributed by atoms with Crippen LogP contribution in [0.4, 0.5) is 76.5 Å². The Balaban J connectivity index is 0. The van der Waals surface area contributed by atoms with Crippen molar-refractivity contribution in [3.63, 3.8) is 0 Å². The fourth-order valence-electron chi connectivity index (χ4n) is 9.89. The first kappa shape index (κ1) is 133. The molecule has 0 aliphatic heterocycles. The van der Waals surface area contributed by atoms with Crippen LogP contribution in [0.2, 0.25) is 64.1 Å². The number of nitrogen functional groups attached to an aromatic ring is 2. The van der Waals surface area contributed by atoms with Crippen LogP contribution in [-0.2, 0) is 19.1 Å². The number of carbonyl (C=O) groups excluding carboxylic acids is 3. The summed E-state index contributed by atoms with van der Waals surface area (Å²) in [4.78, 5) is 76.8. The molecule has 0 unspecified atom stereocenters. The zero-order valence-corrected chi connectivity index (χ0v) is 92.5. The molecule has 13 aromatic rings. The monoisotopic (exact) mass is 2260 g/mol. The number of esters is 3. The van der Waals surface area contributed by atoms with Crippen LogP contribution in [0.5, 0.6) is 34.5 Å². The number of anilines is 6. The maximum Gasteiger partial charge on any atom is 1.00 e. The van der Waals surface area contributed by atoms with Gasteiger partial charge in [-0.15, -0.1) is 42.3 Å². The Labute approximate surface area is 915 Å². The molecule has 0 aliphatic rings. The van der Waals surface area contributed by atoms with Gasteiger partial charge in [-0.2, -0.15) is 0 Å². The summed E-state index contributed by atoms with van der Waals surface area (Å²) in [5.41, 5.74) is 24.4. The molecule has 29 nitrogen and oxygen atoms in total. The molecular weight excluding hydrogens is 2170 g/mol. The molecule has 0 saturated carbocycles. The van der Waals surface area contributed by atoms with Crippen LogP contribution in [0.25, 0.3) is 32.7 Å². The van der Waals surface area contributed by atoms with E-state index in [-0.39, 0.29) is 154 Å². The predicted molar refractivity (Wildman–Crippen MR) is 555 cm³/mol. The minimum absolute atomic E-state index is 0. The number of methoxy groups -OCH3 is 3. The quantitative estimate of drug-likeness (QED) is 0.00645. The summed E-state index contributed by atoms with van der Waals surface area (Å²) >= 11 is 14.9. The topological polar surface area (TPSA) is 458 Å². The van der Waals surface area contributed by atoms with Gasteiger partial charge in [0.25, 0.3) is 11.4 Å². The number of nitro benzene ring substituents is 2. The molecular formula is C99H97Br3ClF7KLiN12O17Si3. The van der Waals surface area contributed by atoms with Gasteiger partial charge in [-0.25, -0.2) is 60.6 Å². The summed E-state index contributed by atoms with van der Waals surface area (Å²) in [6.07, 6.45) is 25.2. The number of hydrogen-bond donors (Lipinski definition) is 5. The summed E-state index contributed by atoms with van der Waals surface area (Å²) < 4.78 is 122. The molecule has 0 saturated heterocycles. The predicted octanol–water partition coefficient (Wildman–Crippen LogP) is 16.6. The fourth-order valence-corrected chi connectivity index (χ4v) is 12.1. The summed E-state index contributed by atoms with van der Waals surface area (Å²) in [6.45, 7) is 23.7. The van der Waals surface area contributed by atoms with Crippen LogP contribution in [0, 0.1) is 133 Å². The Morgan fingerprint density at radius 3 is 1.20 bits per heavy atom. The van der Waals surface area contributed by atoms with E-state index in [0.29, 0.717) is 124 Å². The minimum Gasteiger partial charge on any atom is -0.870 e. The van der Waals surface area contributed by atoms with Gasteiger partial charge in [0, 0.05) is 101 Å². The molecule has 10 aromatic carbocycles. The standard InChI is InChI=1S/C19H14FN3O3.C17H12FN3O2.C11H9ClN2O3.C11H12FNO2Si.C11H14FNSi.C8H6FN.C6H3BrFNO2.C6H4BrF.C5H9BrO2.C5H10Si.K.Li.3H2O/c1-4-12-7-13(5-6-15(12)20)23-19-14-8-18(26-11(2)24)17(25-3)9-16(14)21-10-22-19;1-3-10-6-11(4-5-13(10)18)21-17-12-7-15(22)16(23-2)8-14(12)19-9-20-17;1-6(15)17-10-3-7-8(4-9(10)16-2)13-5-14-11(7)12;1-16(2,3)7-6-9-8-10(13(14)15)4-5-11(9)12;1-14(2,3)7-6-9-8-10(13)4-5-11(9)12;1-2-6-5-7(10)3-4-8(6)9;7-5-3-4(9(10)11)1-2-6(5)8;7-5-3-1-2-4-6(5)8;1-2-8-5(7)3-4-6;1-5-6(2,3)4;;;;;/h1,5-10H,2-3H3,(H,21,22,23);1,4-9,22H,2H3,(H,19,20,21);3-5H,1-2H3;4-5,8H,1-3H3;4-5,8H,13H2,1-3H3;1,3-5H,10H2;1-3H;1-4H;2-4H2,1H3;1H,2-4H3;;;3*1H2/q;;;;;;;;;;2*+1;;;/p-2. The number of hydrogen-bond acceptors (Lipinski definition) is 26. The Bertz CT molecular complexity index is 6880. The van der Waals surface area contributed by atoms with Crippen LogP contribution >= 0.6 is 59.4 Å². The molecule has 3 aromatic heterocycles. The van der Waals surface area contributed by atoms with Crippen molar-refractivity contribution in [1.82, 2.24) is 29.9 Å². The van der Waals surface area contributed by atoms with Crippen molar-refractivity contribution in [3.8, 4) is 106 Å². The Morgan fingerprint density at radius 2 is 0.833 bits per heavy atom. The van der Waals surface area contributed by atoms with Crippen molar-refractivity contribution in [3.05, 3.63) is 292 Å². The summed E-state index contributed by atoms with van der Waals surface area (Å²) in [6, 6.07) is 40.0. The number of terminal acetylenes is 4. The van der Waals surface area contributed by atoms with Gasteiger partial charge in [0.2, 0.25) is 0 Å². The Morgan fingerprint density at radius 1 is 0.479 bits per heavy atom. The average molecular weight is 2270 g/mol. The minimum atomic E-state index is -1.61. The Kier molecular flexibility index (Phi) is 61.2. The van der Waals surface area contributed by atoms with Gasteiger partial charge in [0.15, 0.2) is 34.5 Å². The van der Waals surface area contributed by atoms with Gasteiger partial charge >= 0.3 is 88.2 Å². The number of phenols is 1. The number of nitrogens with one attached hydrogen (secondary N) is 2. The second kappa shape index (κ2) is 66.2. The third-order valence-electron chi connectivity index (χ3n) is 16.4. The molecule has 746 valence electrons. The molecule has 144 heavy (non-hydrogen) atoms. The number of fused-ring (bicyclic) bond motifs is 3. The van der Waals surface area contributed by atoms with Gasteiger partial charge in [0.05, 0.1) is 97.5 Å². The van der Waals surface area contributed by atoms with Crippen molar-refractivity contribution in [1.29, 1.82) is 0 Å². The molecule has 0 amide bonds. The van der Waals surface area contributed by atoms with E-state index in [1.807, 2.05) is 19.6 Å². The second-order valence-corrected chi connectivity index (χ2v) is 47.9. The van der Waals surface area contributed by atoms with E-state index in [9.17, 15) is 70.5 Å². The summed E-state index contributed by atoms with van der Waals surface area (Å²) in [5.74, 6) is 10.9. The number of aromatic nitrogens is 6. The van der Waals surface area contributed by atoms with E-state index >= 15 is 0 Å². The number of aromatic hydroxyl groups is 1. The normalized spacial score (nSPS) is 9.68. The summed E-state index contributed by atoms with van der Waals surface area (Å²) in [5, 5.41) is 39.5. The third kappa shape index (κ3) is 47.6. The number of rotatable bonds is 14. The van der Waals surface area contributed by atoms with Crippen LogP contribution in [0.15, 0.2) is 198 Å². The molecule has 11 N–H and O–H groups in total. The second-order valence-electron chi connectivity index (χ2n) is 30.8. The van der Waals surface area contributed by atoms with Gasteiger partial charge in [-0.05, 0) is 154 Å². The van der Waals surface area contributed by atoms with E-state index in [0.717, 1.165) is 30.3 Å². The van der Waals surface area contributed by atoms with Crippen molar-refractivity contribution < 1.29 is 175 Å². The number of phenolic OH excluding ortho intramolecular Hbond substituents is 1. The number of non-ortho nitro benzene ring substituents is 2. The first-order valence-corrected chi connectivity index (χ1v) is 54.1. The first-order chi connectivity index (χ1) is 65.4. The van der Waals surface area contributed by atoms with Crippen molar-refractivity contribution >= 4 is 180 Å². The maximum atomic E-state index is 13.6. The van der Waals surface area contributed by atoms with Crippen molar-refractivity contribution in [2.75, 3.05) is 55.4 Å². The van der Waals surface area contributed by atoms with E-state index in [2.05, 4.69) is 179 Å². The zero-order valence-electron chi connectivity index (χ0n) is 80.9. The SMILES string of the molecule is C#C[Si](C)(C)C.C#Cc1cc(N)ccc1F.C#Cc1cc(Nc2ncnc3cc(OC)c(O)cc23)ccc1F.C#Cc1cc(Nc2ncnc3cc(OC)c(OC(C)=O)cc23)ccc1F.CCOC(=O)CCBr.COc1cc2ncnc(Cl)c2cc1OC(C)=O.C[Si](C)(C)C#Cc1cc(N)ccc1F.C[Si](C)(C)C#Cc1cc([N+](=O)[O-])ccc1F.Fc1ccccc1Br.O.O=[N+]([O-])c1ccc(F)c(Br)c1.[K+].[Li+].[OH-].[OH-]. The Hall–Kier alpha value is -12.8. The van der Waals surface area contributed by atoms with Crippen LogP contribution in [-0.4, -0.2) is 137 Å². The van der Waals surface area contributed by atoms with E-state index < -0.39 is 75.1 Å². The number of alkyl halides is 1. The van der Waals surface area contributed by atoms with Crippen LogP contribution in [0.1, 0.15) is 55.0 Å². The summed E-state index contributed by atoms with van der Waals surface area (Å²) in [7, 11) is 0.252. The number of ether oxygens (including phenoxy) is 6. The number of carbonyl (C=O) groups is 3. The molecule has 0 aliphatic carbocycles. The van der Waals surface area contributed by atoms with E-state index in [1.165, 1.54) is 127 Å². The molecule has 3 heterocycles. The number of halogens is 11. The maximum absolute atomic E-state index is 13.6. The average Bonchev–Trinajstić information content (AvgIpc) is 0.769. The van der Waals surface area contributed by atoms with Gasteiger partial charge in [-0.1, -0.05) is 128 Å².